The van der Waals surface area contributed by atoms with Gasteiger partial charge in [0.1, 0.15) is 23.5 Å². The highest BCUT2D eigenvalue weighted by Crippen LogP contribution is 2.40. The number of rotatable bonds is 6. The molecule has 0 aromatic carbocycles. The van der Waals surface area contributed by atoms with Gasteiger partial charge in [-0.1, -0.05) is 11.6 Å². The van der Waals surface area contributed by atoms with Gasteiger partial charge in [-0.05, 0) is 25.2 Å². The van der Waals surface area contributed by atoms with Crippen molar-refractivity contribution in [2.75, 3.05) is 18.4 Å². The summed E-state index contributed by atoms with van der Waals surface area (Å²) in [5, 5.41) is 17.0. The molecule has 0 spiro atoms. The lowest BCUT2D eigenvalue weighted by atomic mass is 9.98. The van der Waals surface area contributed by atoms with Crippen molar-refractivity contribution >= 4 is 23.3 Å². The van der Waals surface area contributed by atoms with Gasteiger partial charge in [0.05, 0.1) is 10.7 Å². The average molecular weight is 366 g/mol. The van der Waals surface area contributed by atoms with Gasteiger partial charge in [-0.2, -0.15) is 0 Å². The largest absolute Gasteiger partial charge is 0.368 e. The van der Waals surface area contributed by atoms with E-state index in [9.17, 15) is 9.90 Å². The number of amides is 1. The van der Waals surface area contributed by atoms with Crippen LogP contribution in [0.25, 0.3) is 0 Å². The number of halogens is 1. The minimum atomic E-state index is -1.13. The molecule has 0 aliphatic carbocycles. The van der Waals surface area contributed by atoms with Crippen molar-refractivity contribution in [3.05, 3.63) is 41.1 Å². The molecule has 2 aliphatic rings. The normalized spacial score (nSPS) is 21.8. The molecule has 0 radical (unpaired) electrons. The number of nitrogens with two attached hydrogens (primary N) is 2. The highest BCUT2D eigenvalue weighted by atomic mass is 35.5. The zero-order valence-corrected chi connectivity index (χ0v) is 14.2. The summed E-state index contributed by atoms with van der Waals surface area (Å²) < 4.78 is 0. The number of nitrogens with zero attached hydrogens (tertiary/aromatic N) is 3. The Morgan fingerprint density at radius 1 is 1.40 bits per heavy atom. The summed E-state index contributed by atoms with van der Waals surface area (Å²) in [6.45, 7) is 0.625. The van der Waals surface area contributed by atoms with Crippen LogP contribution in [0.4, 0.5) is 5.82 Å². The van der Waals surface area contributed by atoms with Crippen LogP contribution < -0.4 is 22.1 Å². The van der Waals surface area contributed by atoms with Crippen molar-refractivity contribution < 1.29 is 9.90 Å². The van der Waals surface area contributed by atoms with Crippen LogP contribution in [0.1, 0.15) is 12.8 Å². The second-order valence-corrected chi connectivity index (χ2v) is 6.23. The van der Waals surface area contributed by atoms with Gasteiger partial charge in [0.15, 0.2) is 6.23 Å². The standard InChI is InChI=1S/C15H20ClN7O2/c16-9-7-10(21-11-1-6-19-8-20-11)14(25)23-12(9)13(24)22-15(23,2-4-17)3-5-18/h1,6-8,14,25H,2-5,17-18H2,(H,22,24)(H,19,20,21). The average Bonchev–Trinajstić information content (AvgIpc) is 2.87. The zero-order chi connectivity index (χ0) is 18.0. The van der Waals surface area contributed by atoms with E-state index in [2.05, 4.69) is 20.6 Å². The molecule has 134 valence electrons. The molecule has 25 heavy (non-hydrogen) atoms. The predicted molar refractivity (Wildman–Crippen MR) is 92.7 cm³/mol. The lowest BCUT2D eigenvalue weighted by Gasteiger charge is -2.43. The fourth-order valence-corrected chi connectivity index (χ4v) is 3.53. The van der Waals surface area contributed by atoms with Crippen LogP contribution in [-0.2, 0) is 4.79 Å². The van der Waals surface area contributed by atoms with Crippen molar-refractivity contribution in [1.82, 2.24) is 20.2 Å². The van der Waals surface area contributed by atoms with Gasteiger partial charge in [-0.15, -0.1) is 0 Å². The number of carbonyl (C=O) groups is 1. The summed E-state index contributed by atoms with van der Waals surface area (Å²) >= 11 is 6.32. The maximum absolute atomic E-state index is 12.4. The molecule has 1 aromatic heterocycles. The fraction of sp³-hybridized carbons (Fsp3) is 0.400. The summed E-state index contributed by atoms with van der Waals surface area (Å²) in [6.07, 6.45) is 4.17. The van der Waals surface area contributed by atoms with Crippen molar-refractivity contribution in [3.63, 3.8) is 0 Å². The third-order valence-corrected chi connectivity index (χ3v) is 4.55. The van der Waals surface area contributed by atoms with Gasteiger partial charge < -0.3 is 32.1 Å². The lowest BCUT2D eigenvalue weighted by molar-refractivity contribution is -0.117. The van der Waals surface area contributed by atoms with Gasteiger partial charge in [-0.3, -0.25) is 4.79 Å². The quantitative estimate of drug-likeness (QED) is 0.449. The fourth-order valence-electron chi connectivity index (χ4n) is 3.23. The van der Waals surface area contributed by atoms with Gasteiger partial charge >= 0.3 is 0 Å². The van der Waals surface area contributed by atoms with Crippen molar-refractivity contribution in [1.29, 1.82) is 0 Å². The first-order chi connectivity index (χ1) is 12.0. The molecule has 1 fully saturated rings. The molecule has 0 bridgehead atoms. The molecule has 3 rings (SSSR count). The van der Waals surface area contributed by atoms with Crippen LogP contribution in [-0.4, -0.2) is 50.9 Å². The van der Waals surface area contributed by atoms with E-state index in [1.165, 1.54) is 12.4 Å². The Labute approximate surface area is 149 Å². The maximum Gasteiger partial charge on any atom is 0.271 e. The maximum atomic E-state index is 12.4. The number of allylic oxidation sites excluding steroid dienone is 2. The zero-order valence-electron chi connectivity index (χ0n) is 13.4. The molecule has 3 heterocycles. The van der Waals surface area contributed by atoms with Crippen LogP contribution in [0.2, 0.25) is 0 Å². The molecule has 10 heteroatoms. The predicted octanol–water partition coefficient (Wildman–Crippen LogP) is -0.619. The summed E-state index contributed by atoms with van der Waals surface area (Å²) in [5.41, 5.74) is 11.2. The van der Waals surface area contributed by atoms with Crippen LogP contribution in [0.3, 0.4) is 0 Å². The molecule has 1 atom stereocenters. The highest BCUT2D eigenvalue weighted by molar-refractivity contribution is 6.33. The molecular weight excluding hydrogens is 346 g/mol. The third kappa shape index (κ3) is 3.07. The minimum absolute atomic E-state index is 0.212. The Bertz CT molecular complexity index is 716. The topological polar surface area (TPSA) is 142 Å². The first-order valence-electron chi connectivity index (χ1n) is 7.87. The summed E-state index contributed by atoms with van der Waals surface area (Å²) in [7, 11) is 0. The summed E-state index contributed by atoms with van der Waals surface area (Å²) in [6, 6.07) is 1.65. The van der Waals surface area contributed by atoms with E-state index in [4.69, 9.17) is 23.1 Å². The Hall–Kier alpha value is -2.20. The Morgan fingerprint density at radius 3 is 2.72 bits per heavy atom. The van der Waals surface area contributed by atoms with Crippen LogP contribution in [0.15, 0.2) is 41.1 Å². The van der Waals surface area contributed by atoms with Crippen LogP contribution in [0.5, 0.6) is 0 Å². The van der Waals surface area contributed by atoms with Crippen LogP contribution in [0, 0.1) is 0 Å². The number of hydrogen-bond donors (Lipinski definition) is 5. The van der Waals surface area contributed by atoms with Gasteiger partial charge in [-0.25, -0.2) is 9.97 Å². The van der Waals surface area contributed by atoms with E-state index in [-0.39, 0.29) is 16.6 Å². The Balaban J connectivity index is 1.99. The van der Waals surface area contributed by atoms with E-state index in [1.807, 2.05) is 0 Å². The van der Waals surface area contributed by atoms with Crippen molar-refractivity contribution in [2.45, 2.75) is 24.7 Å². The second kappa shape index (κ2) is 6.96. The molecule has 1 unspecified atom stereocenters. The van der Waals surface area contributed by atoms with Gasteiger partial charge in [0, 0.05) is 19.0 Å². The molecule has 1 amide bonds. The second-order valence-electron chi connectivity index (χ2n) is 5.82. The summed E-state index contributed by atoms with van der Waals surface area (Å²) in [4.78, 5) is 21.9. The smallest absolute Gasteiger partial charge is 0.271 e. The van der Waals surface area contributed by atoms with Crippen molar-refractivity contribution in [2.24, 2.45) is 11.5 Å². The van der Waals surface area contributed by atoms with Gasteiger partial charge in [0.2, 0.25) is 0 Å². The number of aliphatic hydroxyl groups excluding tert-OH is 1. The number of carbonyl (C=O) groups excluding carboxylic acids is 1. The first kappa shape index (κ1) is 17.6. The lowest BCUT2D eigenvalue weighted by Crippen LogP contribution is -2.58. The Morgan fingerprint density at radius 2 is 2.12 bits per heavy atom. The molecule has 2 aliphatic heterocycles. The Kier molecular flexibility index (Phi) is 4.91. The van der Waals surface area contributed by atoms with E-state index < -0.39 is 11.9 Å². The SMILES string of the molecule is NCCC1(CCN)NC(=O)C2=C(Cl)C=C(Nc3ccncn3)C(O)N21. The number of aromatic nitrogens is 2. The third-order valence-electron chi connectivity index (χ3n) is 4.26. The molecular formula is C15H20ClN7O2. The van der Waals surface area contributed by atoms with E-state index in [1.54, 1.807) is 17.2 Å². The van der Waals surface area contributed by atoms with E-state index in [0.717, 1.165) is 0 Å². The van der Waals surface area contributed by atoms with Crippen LogP contribution >= 0.6 is 11.6 Å². The number of nitrogens with one attached hydrogen (secondary N) is 2. The summed E-state index contributed by atoms with van der Waals surface area (Å²) in [5.74, 6) is 0.137. The molecule has 1 saturated heterocycles. The number of anilines is 1. The number of fused-ring (bicyclic) bond motifs is 1. The van der Waals surface area contributed by atoms with Crippen molar-refractivity contribution in [3.8, 4) is 0 Å². The van der Waals surface area contributed by atoms with E-state index in [0.29, 0.717) is 37.4 Å². The van der Waals surface area contributed by atoms with Gasteiger partial charge in [0.25, 0.3) is 5.91 Å². The first-order valence-corrected chi connectivity index (χ1v) is 8.24. The monoisotopic (exact) mass is 365 g/mol. The minimum Gasteiger partial charge on any atom is -0.368 e. The number of hydrogen-bond acceptors (Lipinski definition) is 8. The number of aliphatic hydroxyl groups is 1. The molecule has 9 nitrogen and oxygen atoms in total. The highest BCUT2D eigenvalue weighted by Gasteiger charge is 2.52. The molecule has 7 N–H and O–H groups in total. The molecule has 0 saturated carbocycles. The molecule has 1 aromatic rings. The van der Waals surface area contributed by atoms with E-state index >= 15 is 0 Å².